The zero-order valence-corrected chi connectivity index (χ0v) is 49.4. The Hall–Kier alpha value is -7.34. The highest BCUT2D eigenvalue weighted by molar-refractivity contribution is 7.13. The van der Waals surface area contributed by atoms with Gasteiger partial charge in [-0.3, -0.25) is 19.2 Å². The summed E-state index contributed by atoms with van der Waals surface area (Å²) in [6.07, 6.45) is 5.45. The van der Waals surface area contributed by atoms with E-state index in [-0.39, 0.29) is 54.1 Å². The summed E-state index contributed by atoms with van der Waals surface area (Å²) in [5, 5.41) is 20.3. The second-order valence-electron chi connectivity index (χ2n) is 21.7. The summed E-state index contributed by atoms with van der Waals surface area (Å²) in [7, 11) is 1.81. The van der Waals surface area contributed by atoms with E-state index < -0.39 is 35.1 Å². The van der Waals surface area contributed by atoms with Crippen molar-refractivity contribution < 1.29 is 51.3 Å². The number of nitrogens with zero attached hydrogens (tertiary/aromatic N) is 7. The smallest absolute Gasteiger partial charge is 0.416 e. The van der Waals surface area contributed by atoms with Gasteiger partial charge in [-0.05, 0) is 116 Å². The first-order valence-corrected chi connectivity index (χ1v) is 29.5. The minimum atomic E-state index is -4.63. The number of halogens is 3. The molecule has 4 N–H and O–H groups in total. The number of aromatic nitrogens is 6. The van der Waals surface area contributed by atoms with Crippen molar-refractivity contribution >= 4 is 40.7 Å². The number of carbonyl (C=O) groups excluding carboxylic acids is 4. The van der Waals surface area contributed by atoms with Crippen molar-refractivity contribution in [2.45, 2.75) is 130 Å². The fourth-order valence-corrected chi connectivity index (χ4v) is 10.4. The molecule has 0 bridgehead atoms. The molecule has 84 heavy (non-hydrogen) atoms. The van der Waals surface area contributed by atoms with Gasteiger partial charge >= 0.3 is 6.18 Å². The van der Waals surface area contributed by atoms with Crippen LogP contribution in [-0.2, 0) is 61.5 Å². The van der Waals surface area contributed by atoms with Crippen molar-refractivity contribution in [3.05, 3.63) is 125 Å². The molecule has 3 aromatic carbocycles. The van der Waals surface area contributed by atoms with Crippen LogP contribution >= 0.6 is 11.3 Å². The zero-order chi connectivity index (χ0) is 59.9. The van der Waals surface area contributed by atoms with Crippen LogP contribution < -0.4 is 26.0 Å². The molecule has 0 radical (unpaired) electrons. The molecule has 6 aromatic rings. The molecule has 1 fully saturated rings. The molecule has 7 rings (SSSR count). The molecule has 0 unspecified atom stereocenters. The molecule has 452 valence electrons. The first kappa shape index (κ1) is 64.2. The van der Waals surface area contributed by atoms with Gasteiger partial charge in [-0.25, -0.2) is 15.0 Å². The van der Waals surface area contributed by atoms with E-state index in [4.69, 9.17) is 18.9 Å². The van der Waals surface area contributed by atoms with Crippen molar-refractivity contribution in [1.29, 1.82) is 0 Å². The second-order valence-corrected chi connectivity index (χ2v) is 22.5. The lowest BCUT2D eigenvalue weighted by Crippen LogP contribution is -2.57. The third kappa shape index (κ3) is 19.6. The van der Waals surface area contributed by atoms with Crippen LogP contribution in [-0.4, -0.2) is 123 Å². The van der Waals surface area contributed by atoms with Gasteiger partial charge in [0.2, 0.25) is 17.7 Å². The predicted molar refractivity (Wildman–Crippen MR) is 314 cm³/mol. The number of carbonyl (C=O) groups is 4. The van der Waals surface area contributed by atoms with Gasteiger partial charge in [-0.2, -0.15) is 13.2 Å². The van der Waals surface area contributed by atoms with E-state index in [2.05, 4.69) is 46.4 Å². The Kier molecular flexibility index (Phi) is 24.5. The van der Waals surface area contributed by atoms with E-state index in [0.717, 1.165) is 59.9 Å². The van der Waals surface area contributed by atoms with Crippen LogP contribution in [0.4, 0.5) is 18.9 Å². The van der Waals surface area contributed by atoms with E-state index >= 15 is 0 Å². The molecule has 1 aliphatic heterocycles. The zero-order valence-electron chi connectivity index (χ0n) is 48.6. The maximum Gasteiger partial charge on any atom is 0.416 e. The van der Waals surface area contributed by atoms with Crippen LogP contribution in [0, 0.1) is 12.3 Å². The molecule has 19 nitrogen and oxygen atoms in total. The lowest BCUT2D eigenvalue weighted by atomic mass is 9.85. The van der Waals surface area contributed by atoms with E-state index in [0.29, 0.717) is 108 Å². The summed E-state index contributed by atoms with van der Waals surface area (Å²) in [4.78, 5) is 68.9. The number of benzene rings is 3. The lowest BCUT2D eigenvalue weighted by Gasteiger charge is -2.35. The Bertz CT molecular complexity index is 3050. The van der Waals surface area contributed by atoms with Gasteiger partial charge in [-0.15, -0.1) is 21.5 Å². The largest absolute Gasteiger partial charge is 0.494 e. The van der Waals surface area contributed by atoms with Gasteiger partial charge in [0.05, 0.1) is 61.2 Å². The third-order valence-corrected chi connectivity index (χ3v) is 15.2. The number of hydrogen-bond donors (Lipinski definition) is 4. The summed E-state index contributed by atoms with van der Waals surface area (Å²) in [6.45, 7) is 11.7. The van der Waals surface area contributed by atoms with Crippen LogP contribution in [0.5, 0.6) is 5.75 Å². The Morgan fingerprint density at radius 2 is 1.49 bits per heavy atom. The number of amides is 4. The van der Waals surface area contributed by atoms with Gasteiger partial charge in [-0.1, -0.05) is 63.9 Å². The molecule has 0 aliphatic carbocycles. The van der Waals surface area contributed by atoms with E-state index in [1.807, 2.05) is 64.5 Å². The summed E-state index contributed by atoms with van der Waals surface area (Å²) in [5.74, 6) is 0.301. The number of hydrogen-bond acceptors (Lipinski definition) is 15. The maximum absolute atomic E-state index is 14.0. The minimum Gasteiger partial charge on any atom is -0.494 e. The highest BCUT2D eigenvalue weighted by Crippen LogP contribution is 2.34. The van der Waals surface area contributed by atoms with Crippen molar-refractivity contribution in [2.24, 2.45) is 12.5 Å². The first-order chi connectivity index (χ1) is 40.5. The monoisotopic (exact) mass is 1180 g/mol. The van der Waals surface area contributed by atoms with E-state index in [1.165, 1.54) is 18.5 Å². The number of nitrogens with one attached hydrogen (secondary N) is 4. The molecule has 3 aromatic heterocycles. The number of anilines is 1. The number of rotatable bonds is 33. The summed E-state index contributed by atoms with van der Waals surface area (Å²) in [6, 6.07) is 18.6. The number of aryl methyl sites for hydroxylation is 1. The molecule has 1 saturated heterocycles. The number of unbranched alkanes of at least 4 members (excludes halogenated alkanes) is 5. The summed E-state index contributed by atoms with van der Waals surface area (Å²) in [5.41, 5.74) is 4.82. The van der Waals surface area contributed by atoms with E-state index in [9.17, 15) is 32.3 Å². The normalized spacial score (nSPS) is 13.9. The van der Waals surface area contributed by atoms with Crippen molar-refractivity contribution in [3.63, 3.8) is 0 Å². The van der Waals surface area contributed by atoms with Gasteiger partial charge in [0.15, 0.2) is 11.6 Å². The SMILES string of the molecule is Cc1ncsc1-c1ccc(CNC(=O)[C@@H]2CCCN2C(=O)[C@@H](NC(=O)CCCCCOCCOCCOCCCCCCOc2ccc(C(F)(F)F)c(CNC(=O)c3cccc(NCc4nnc(-c5ccncn5)n4C)c3)c2)C(C)(C)C)cc1. The third-order valence-electron chi connectivity index (χ3n) is 14.2. The molecular formula is C61H78F3N11O8S. The van der Waals surface area contributed by atoms with Gasteiger partial charge < -0.3 is 49.7 Å². The molecule has 2 atom stereocenters. The van der Waals surface area contributed by atoms with Crippen LogP contribution in [0.15, 0.2) is 90.8 Å². The molecule has 0 saturated carbocycles. The number of likely N-dealkylation sites (tertiary alicyclic amines) is 1. The Labute approximate surface area is 493 Å². The molecule has 4 heterocycles. The highest BCUT2D eigenvalue weighted by atomic mass is 32.1. The quantitative estimate of drug-likeness (QED) is 0.0282. The highest BCUT2D eigenvalue weighted by Gasteiger charge is 2.42. The fraction of sp³-hybridized carbons (Fsp3) is 0.492. The average molecular weight is 1180 g/mol. The molecular weight excluding hydrogens is 1100 g/mol. The van der Waals surface area contributed by atoms with Gasteiger partial charge in [0, 0.05) is 63.8 Å². The second kappa shape index (κ2) is 32.1. The standard InChI is InChI=1S/C61H78F3N11O8S/c1-42-54(84-41-70-42)44-21-19-43(20-22-44)37-67-58(78)51-17-14-27-75(51)59(79)55(60(2,3)4)71-53(76)18-9-8-11-29-81-32-34-82-33-31-80-28-10-6-7-12-30-83-48-23-24-49(61(62,63)64)46(36-48)38-68-57(77)45-15-13-16-47(35-45)66-39-52-72-73-56(74(52)5)50-25-26-65-40-69-50/h13,15-16,19-26,35-36,40-41,51,55,66H,6-12,14,17-18,27-34,37-39H2,1-5H3,(H,67,78)(H,68,77)(H,71,76)/t51-,55+/m0/s1. The van der Waals surface area contributed by atoms with Gasteiger partial charge in [0.1, 0.15) is 29.9 Å². The van der Waals surface area contributed by atoms with Crippen LogP contribution in [0.1, 0.15) is 124 Å². The average Bonchev–Trinajstić information content (AvgIpc) is 3.30. The Morgan fingerprint density at radius 1 is 0.774 bits per heavy atom. The summed E-state index contributed by atoms with van der Waals surface area (Å²) < 4.78 is 66.7. The maximum atomic E-state index is 14.0. The predicted octanol–water partition coefficient (Wildman–Crippen LogP) is 9.65. The van der Waals surface area contributed by atoms with Crippen molar-refractivity contribution in [1.82, 2.24) is 50.6 Å². The minimum absolute atomic E-state index is 0.109. The van der Waals surface area contributed by atoms with Crippen LogP contribution in [0.25, 0.3) is 22.0 Å². The van der Waals surface area contributed by atoms with Crippen LogP contribution in [0.3, 0.4) is 0 Å². The Morgan fingerprint density at radius 3 is 2.17 bits per heavy atom. The van der Waals surface area contributed by atoms with Crippen molar-refractivity contribution in [2.75, 3.05) is 58.1 Å². The molecule has 1 aliphatic rings. The number of ether oxygens (including phenoxy) is 4. The van der Waals surface area contributed by atoms with Crippen molar-refractivity contribution in [3.8, 4) is 27.7 Å². The first-order valence-electron chi connectivity index (χ1n) is 28.7. The lowest BCUT2D eigenvalue weighted by molar-refractivity contribution is -0.144. The molecule has 4 amide bonds. The molecule has 0 spiro atoms. The van der Waals surface area contributed by atoms with Crippen LogP contribution in [0.2, 0.25) is 0 Å². The molecule has 23 heteroatoms. The topological polar surface area (TPSA) is 226 Å². The Balaban J connectivity index is 0.684. The fourth-order valence-electron chi connectivity index (χ4n) is 9.54. The van der Waals surface area contributed by atoms with E-state index in [1.54, 1.807) is 57.3 Å². The van der Waals surface area contributed by atoms with Gasteiger partial charge in [0.25, 0.3) is 5.91 Å². The number of alkyl halides is 3. The summed E-state index contributed by atoms with van der Waals surface area (Å²) >= 11 is 1.59. The number of thiazole rings is 1.